The number of nitro benzene ring substituents is 1. The Bertz CT molecular complexity index is 713. The maximum absolute atomic E-state index is 10.8. The fraction of sp³-hybridized carbons (Fsp3) is 0.250. The normalized spacial score (nSPS) is 10.6. The van der Waals surface area contributed by atoms with Crippen LogP contribution in [0.3, 0.4) is 0 Å². The number of nitro groups is 1. The summed E-state index contributed by atoms with van der Waals surface area (Å²) in [5, 5.41) is 27.9. The number of nitrogens with zero attached hydrogens (tertiary/aromatic N) is 4. The van der Waals surface area contributed by atoms with E-state index in [1.165, 1.54) is 6.07 Å². The van der Waals surface area contributed by atoms with E-state index in [1.807, 2.05) is 0 Å². The molecule has 0 saturated heterocycles. The molecule has 110 valence electrons. The second kappa shape index (κ2) is 5.92. The number of aliphatic carboxylic acids is 1. The van der Waals surface area contributed by atoms with Crippen molar-refractivity contribution in [1.29, 1.82) is 0 Å². The van der Waals surface area contributed by atoms with Crippen LogP contribution in [0.5, 0.6) is 0 Å². The van der Waals surface area contributed by atoms with Crippen molar-refractivity contribution in [1.82, 2.24) is 14.8 Å². The number of benzene rings is 1. The number of rotatable bonds is 5. The van der Waals surface area contributed by atoms with Crippen molar-refractivity contribution in [3.63, 3.8) is 0 Å². The quantitative estimate of drug-likeness (QED) is 0.510. The van der Waals surface area contributed by atoms with E-state index >= 15 is 0 Å². The van der Waals surface area contributed by atoms with Crippen molar-refractivity contribution in [2.75, 3.05) is 5.75 Å². The molecule has 1 heterocycles. The summed E-state index contributed by atoms with van der Waals surface area (Å²) in [4.78, 5) is 20.9. The van der Waals surface area contributed by atoms with Gasteiger partial charge in [-0.15, -0.1) is 10.2 Å². The van der Waals surface area contributed by atoms with Gasteiger partial charge in [-0.05, 0) is 19.1 Å². The predicted octanol–water partition coefficient (Wildman–Crippen LogP) is 1.88. The van der Waals surface area contributed by atoms with Gasteiger partial charge in [-0.2, -0.15) is 0 Å². The molecule has 2 aromatic rings. The number of carboxylic acids is 1. The molecule has 0 aliphatic rings. The van der Waals surface area contributed by atoms with Gasteiger partial charge >= 0.3 is 5.97 Å². The van der Waals surface area contributed by atoms with E-state index in [9.17, 15) is 14.9 Å². The molecule has 0 bridgehead atoms. The fourth-order valence-electron chi connectivity index (χ4n) is 1.82. The van der Waals surface area contributed by atoms with Gasteiger partial charge in [-0.1, -0.05) is 11.8 Å². The molecule has 0 unspecified atom stereocenters. The Morgan fingerprint density at radius 1 is 1.48 bits per heavy atom. The minimum atomic E-state index is -0.935. The Morgan fingerprint density at radius 2 is 2.19 bits per heavy atom. The van der Waals surface area contributed by atoms with E-state index in [-0.39, 0.29) is 11.4 Å². The van der Waals surface area contributed by atoms with Crippen molar-refractivity contribution in [2.45, 2.75) is 12.1 Å². The number of thioether (sulfide) groups is 1. The minimum absolute atomic E-state index is 0.0430. The predicted molar refractivity (Wildman–Crippen MR) is 76.2 cm³/mol. The molecule has 2 rings (SSSR count). The molecular weight excluding hydrogens is 296 g/mol. The lowest BCUT2D eigenvalue weighted by Crippen LogP contribution is -2.01. The number of carbonyl (C=O) groups is 1. The zero-order chi connectivity index (χ0) is 15.6. The van der Waals surface area contributed by atoms with Gasteiger partial charge in [0, 0.05) is 24.2 Å². The maximum atomic E-state index is 10.8. The fourth-order valence-corrected chi connectivity index (χ4v) is 2.45. The zero-order valence-electron chi connectivity index (χ0n) is 11.3. The molecule has 0 fully saturated rings. The molecule has 9 heteroatoms. The smallest absolute Gasteiger partial charge is 0.313 e. The topological polar surface area (TPSA) is 111 Å². The first-order valence-corrected chi connectivity index (χ1v) is 6.88. The van der Waals surface area contributed by atoms with Gasteiger partial charge in [-0.3, -0.25) is 14.9 Å². The Labute approximate surface area is 124 Å². The first-order valence-electron chi connectivity index (χ1n) is 5.89. The highest BCUT2D eigenvalue weighted by atomic mass is 32.2. The number of aryl methyl sites for hydroxylation is 1. The SMILES string of the molecule is Cc1cc(-c2nnc(SCC(=O)O)n2C)ccc1[N+](=O)[O-]. The molecule has 0 aliphatic heterocycles. The summed E-state index contributed by atoms with van der Waals surface area (Å²) in [5.41, 5.74) is 1.26. The van der Waals surface area contributed by atoms with Crippen molar-refractivity contribution >= 4 is 23.4 Å². The van der Waals surface area contributed by atoms with Gasteiger partial charge in [0.2, 0.25) is 0 Å². The van der Waals surface area contributed by atoms with Gasteiger partial charge in [0.15, 0.2) is 11.0 Å². The third-order valence-electron chi connectivity index (χ3n) is 2.81. The van der Waals surface area contributed by atoms with Crippen LogP contribution in [-0.4, -0.2) is 36.5 Å². The molecule has 21 heavy (non-hydrogen) atoms. The molecule has 1 aromatic heterocycles. The average Bonchev–Trinajstić information content (AvgIpc) is 2.77. The summed E-state index contributed by atoms with van der Waals surface area (Å²) in [6, 6.07) is 4.68. The summed E-state index contributed by atoms with van der Waals surface area (Å²) >= 11 is 1.06. The molecule has 0 saturated carbocycles. The summed E-state index contributed by atoms with van der Waals surface area (Å²) in [6.07, 6.45) is 0. The third-order valence-corrected chi connectivity index (χ3v) is 3.82. The lowest BCUT2D eigenvalue weighted by atomic mass is 10.1. The number of hydrogen-bond donors (Lipinski definition) is 1. The molecule has 8 nitrogen and oxygen atoms in total. The van der Waals surface area contributed by atoms with Crippen LogP contribution in [0.25, 0.3) is 11.4 Å². The molecule has 0 aliphatic carbocycles. The first kappa shape index (κ1) is 15.0. The van der Waals surface area contributed by atoms with Crippen LogP contribution in [-0.2, 0) is 11.8 Å². The van der Waals surface area contributed by atoms with Crippen LogP contribution in [0.1, 0.15) is 5.56 Å². The summed E-state index contributed by atoms with van der Waals surface area (Å²) in [7, 11) is 1.72. The maximum Gasteiger partial charge on any atom is 0.313 e. The number of aromatic nitrogens is 3. The lowest BCUT2D eigenvalue weighted by molar-refractivity contribution is -0.385. The van der Waals surface area contributed by atoms with Crippen molar-refractivity contribution in [2.24, 2.45) is 7.05 Å². The van der Waals surface area contributed by atoms with Crippen LogP contribution in [0.2, 0.25) is 0 Å². The highest BCUT2D eigenvalue weighted by Crippen LogP contribution is 2.26. The highest BCUT2D eigenvalue weighted by Gasteiger charge is 2.16. The van der Waals surface area contributed by atoms with Crippen LogP contribution in [0, 0.1) is 17.0 Å². The van der Waals surface area contributed by atoms with Crippen LogP contribution in [0.4, 0.5) is 5.69 Å². The second-order valence-electron chi connectivity index (χ2n) is 4.31. The molecule has 0 spiro atoms. The largest absolute Gasteiger partial charge is 0.481 e. The molecule has 1 aromatic carbocycles. The minimum Gasteiger partial charge on any atom is -0.481 e. The van der Waals surface area contributed by atoms with E-state index in [1.54, 1.807) is 30.7 Å². The number of hydrogen-bond acceptors (Lipinski definition) is 6. The van der Waals surface area contributed by atoms with Crippen molar-refractivity contribution in [3.8, 4) is 11.4 Å². The van der Waals surface area contributed by atoms with E-state index in [0.29, 0.717) is 22.1 Å². The Balaban J connectivity index is 2.32. The zero-order valence-corrected chi connectivity index (χ0v) is 12.1. The van der Waals surface area contributed by atoms with Crippen molar-refractivity contribution < 1.29 is 14.8 Å². The summed E-state index contributed by atoms with van der Waals surface area (Å²) < 4.78 is 1.66. The standard InChI is InChI=1S/C12H12N4O4S/c1-7-5-8(3-4-9(7)16(19)20)11-13-14-12(15(11)2)21-6-10(17)18/h3-5H,6H2,1-2H3,(H,17,18). The lowest BCUT2D eigenvalue weighted by Gasteiger charge is -2.04. The monoisotopic (exact) mass is 308 g/mol. The van der Waals surface area contributed by atoms with Gasteiger partial charge in [-0.25, -0.2) is 0 Å². The van der Waals surface area contributed by atoms with Crippen LogP contribution in [0.15, 0.2) is 23.4 Å². The first-order chi connectivity index (χ1) is 9.90. The van der Waals surface area contributed by atoms with E-state index in [0.717, 1.165) is 11.8 Å². The van der Waals surface area contributed by atoms with Crippen LogP contribution >= 0.6 is 11.8 Å². The second-order valence-corrected chi connectivity index (χ2v) is 5.25. The number of carboxylic acid groups (broad SMARTS) is 1. The molecule has 0 radical (unpaired) electrons. The Kier molecular flexibility index (Phi) is 4.22. The summed E-state index contributed by atoms with van der Waals surface area (Å²) in [5.74, 6) is -0.512. The van der Waals surface area contributed by atoms with Crippen molar-refractivity contribution in [3.05, 3.63) is 33.9 Å². The third kappa shape index (κ3) is 3.19. The Morgan fingerprint density at radius 3 is 2.76 bits per heavy atom. The van der Waals surface area contributed by atoms with Gasteiger partial charge in [0.1, 0.15) is 0 Å². The van der Waals surface area contributed by atoms with Crippen LogP contribution < -0.4 is 0 Å². The molecule has 0 amide bonds. The van der Waals surface area contributed by atoms with E-state index in [2.05, 4.69) is 10.2 Å². The molecular formula is C12H12N4O4S. The van der Waals surface area contributed by atoms with Gasteiger partial charge in [0.05, 0.1) is 10.7 Å². The summed E-state index contributed by atoms with van der Waals surface area (Å²) in [6.45, 7) is 1.65. The average molecular weight is 308 g/mol. The molecule has 0 atom stereocenters. The Hall–Kier alpha value is -2.42. The van der Waals surface area contributed by atoms with Gasteiger partial charge in [0.25, 0.3) is 5.69 Å². The highest BCUT2D eigenvalue weighted by molar-refractivity contribution is 7.99. The van der Waals surface area contributed by atoms with Gasteiger partial charge < -0.3 is 9.67 Å². The van der Waals surface area contributed by atoms with E-state index < -0.39 is 10.9 Å². The van der Waals surface area contributed by atoms with E-state index in [4.69, 9.17) is 5.11 Å². The molecule has 1 N–H and O–H groups in total.